The number of carbonyl (C=O) groups is 2. The summed E-state index contributed by atoms with van der Waals surface area (Å²) in [7, 11) is 0. The maximum absolute atomic E-state index is 11.9. The summed E-state index contributed by atoms with van der Waals surface area (Å²) in [5, 5.41) is 9.01. The zero-order valence-electron chi connectivity index (χ0n) is 10.5. The largest absolute Gasteiger partial charge is 0.481 e. The summed E-state index contributed by atoms with van der Waals surface area (Å²) in [5.41, 5.74) is -0.495. The number of fused-ring (bicyclic) bond motifs is 1. The minimum absolute atomic E-state index is 0.0831. The highest BCUT2D eigenvalue weighted by Gasteiger charge is 2.54. The first kappa shape index (κ1) is 12.2. The second-order valence-corrected chi connectivity index (χ2v) is 5.87. The first-order valence-corrected chi connectivity index (χ1v) is 6.02. The lowest BCUT2D eigenvalue weighted by atomic mass is 9.96. The third-order valence-electron chi connectivity index (χ3n) is 3.35. The Labute approximate surface area is 101 Å². The molecule has 2 rings (SSSR count). The molecule has 17 heavy (non-hydrogen) atoms. The molecule has 0 aromatic heterocycles. The lowest BCUT2D eigenvalue weighted by molar-refractivity contribution is -0.143. The molecule has 1 saturated heterocycles. The molecule has 0 unspecified atom stereocenters. The van der Waals surface area contributed by atoms with Gasteiger partial charge in [-0.2, -0.15) is 0 Å². The van der Waals surface area contributed by atoms with Gasteiger partial charge in [0, 0.05) is 12.6 Å². The number of aliphatic carboxylic acids is 1. The van der Waals surface area contributed by atoms with Crippen molar-refractivity contribution in [1.29, 1.82) is 0 Å². The molecule has 1 aliphatic heterocycles. The van der Waals surface area contributed by atoms with Crippen LogP contribution in [0.25, 0.3) is 0 Å². The molecule has 1 aliphatic carbocycles. The van der Waals surface area contributed by atoms with E-state index in [0.29, 0.717) is 13.0 Å². The second-order valence-electron chi connectivity index (χ2n) is 5.87. The quantitative estimate of drug-likeness (QED) is 0.759. The van der Waals surface area contributed by atoms with E-state index < -0.39 is 11.6 Å². The van der Waals surface area contributed by atoms with Gasteiger partial charge in [-0.15, -0.1) is 0 Å². The Hall–Kier alpha value is -1.26. The lowest BCUT2D eigenvalue weighted by Gasteiger charge is -2.31. The van der Waals surface area contributed by atoms with Crippen LogP contribution in [0.2, 0.25) is 0 Å². The molecule has 0 bridgehead atoms. The number of amides is 1. The van der Waals surface area contributed by atoms with Gasteiger partial charge in [-0.1, -0.05) is 0 Å². The zero-order valence-corrected chi connectivity index (χ0v) is 10.5. The minimum atomic E-state index is -0.735. The van der Waals surface area contributed by atoms with E-state index in [0.717, 1.165) is 6.42 Å². The molecule has 0 spiro atoms. The first-order valence-electron chi connectivity index (χ1n) is 6.02. The normalized spacial score (nSPS) is 31.7. The van der Waals surface area contributed by atoms with Gasteiger partial charge in [0.05, 0.1) is 5.92 Å². The van der Waals surface area contributed by atoms with Crippen LogP contribution < -0.4 is 0 Å². The van der Waals surface area contributed by atoms with Gasteiger partial charge in [-0.05, 0) is 39.5 Å². The number of hydrogen-bond acceptors (Lipinski definition) is 3. The SMILES string of the molecule is CC(C)(C)OC(=O)N1CC[C@H](C(=O)O)[C@@H]2C[C@@H]21. The van der Waals surface area contributed by atoms with Crippen LogP contribution in [-0.2, 0) is 9.53 Å². The first-order chi connectivity index (χ1) is 7.79. The average molecular weight is 241 g/mol. The van der Waals surface area contributed by atoms with Crippen molar-refractivity contribution < 1.29 is 19.4 Å². The summed E-state index contributed by atoms with van der Waals surface area (Å²) >= 11 is 0. The molecule has 2 aliphatic rings. The molecule has 0 aromatic carbocycles. The van der Waals surface area contributed by atoms with E-state index in [1.807, 2.05) is 20.8 Å². The average Bonchev–Trinajstić information content (AvgIpc) is 2.91. The molecular weight excluding hydrogens is 222 g/mol. The van der Waals surface area contributed by atoms with Crippen molar-refractivity contribution in [3.8, 4) is 0 Å². The lowest BCUT2D eigenvalue weighted by Crippen LogP contribution is -2.44. The number of carboxylic acids is 1. The molecule has 96 valence electrons. The molecule has 1 amide bonds. The Balaban J connectivity index is 1.95. The summed E-state index contributed by atoms with van der Waals surface area (Å²) < 4.78 is 5.31. The summed E-state index contributed by atoms with van der Waals surface area (Å²) in [6.07, 6.45) is 1.03. The van der Waals surface area contributed by atoms with Gasteiger partial charge in [0.1, 0.15) is 5.60 Å². The van der Waals surface area contributed by atoms with E-state index in [2.05, 4.69) is 0 Å². The minimum Gasteiger partial charge on any atom is -0.481 e. The van der Waals surface area contributed by atoms with E-state index in [1.165, 1.54) is 0 Å². The van der Waals surface area contributed by atoms with Gasteiger partial charge in [0.15, 0.2) is 0 Å². The predicted molar refractivity (Wildman–Crippen MR) is 60.6 cm³/mol. The fourth-order valence-electron chi connectivity index (χ4n) is 2.50. The van der Waals surface area contributed by atoms with Crippen molar-refractivity contribution in [2.45, 2.75) is 45.3 Å². The predicted octanol–water partition coefficient (Wildman–Crippen LogP) is 1.72. The van der Waals surface area contributed by atoms with Crippen LogP contribution in [-0.4, -0.2) is 40.3 Å². The smallest absolute Gasteiger partial charge is 0.410 e. The van der Waals surface area contributed by atoms with Crippen LogP contribution in [0, 0.1) is 11.8 Å². The van der Waals surface area contributed by atoms with Crippen LogP contribution in [0.5, 0.6) is 0 Å². The van der Waals surface area contributed by atoms with Crippen molar-refractivity contribution in [2.24, 2.45) is 11.8 Å². The number of hydrogen-bond donors (Lipinski definition) is 1. The Morgan fingerprint density at radius 1 is 1.35 bits per heavy atom. The highest BCUT2D eigenvalue weighted by atomic mass is 16.6. The van der Waals surface area contributed by atoms with Crippen molar-refractivity contribution in [3.63, 3.8) is 0 Å². The van der Waals surface area contributed by atoms with Crippen LogP contribution in [0.1, 0.15) is 33.6 Å². The summed E-state index contributed by atoms with van der Waals surface area (Å²) in [5.74, 6) is -0.881. The number of likely N-dealkylation sites (tertiary alicyclic amines) is 1. The van der Waals surface area contributed by atoms with Crippen molar-refractivity contribution in [1.82, 2.24) is 4.90 Å². The van der Waals surface area contributed by atoms with Crippen LogP contribution >= 0.6 is 0 Å². The Morgan fingerprint density at radius 2 is 2.00 bits per heavy atom. The van der Waals surface area contributed by atoms with E-state index in [1.54, 1.807) is 4.90 Å². The number of rotatable bonds is 1. The topological polar surface area (TPSA) is 66.8 Å². The highest BCUT2D eigenvalue weighted by Crippen LogP contribution is 2.47. The molecule has 5 heteroatoms. The van der Waals surface area contributed by atoms with E-state index in [4.69, 9.17) is 9.84 Å². The van der Waals surface area contributed by atoms with Gasteiger partial charge >= 0.3 is 12.1 Å². The van der Waals surface area contributed by atoms with Gasteiger partial charge in [0.2, 0.25) is 0 Å². The number of nitrogens with zero attached hydrogens (tertiary/aromatic N) is 1. The summed E-state index contributed by atoms with van der Waals surface area (Å²) in [4.78, 5) is 24.5. The second kappa shape index (κ2) is 3.89. The van der Waals surface area contributed by atoms with E-state index >= 15 is 0 Å². The third-order valence-corrected chi connectivity index (χ3v) is 3.35. The summed E-state index contributed by atoms with van der Waals surface area (Å²) in [6.45, 7) is 5.99. The third kappa shape index (κ3) is 2.53. The van der Waals surface area contributed by atoms with Crippen molar-refractivity contribution in [3.05, 3.63) is 0 Å². The molecule has 0 aromatic rings. The maximum Gasteiger partial charge on any atom is 0.410 e. The molecule has 2 fully saturated rings. The van der Waals surface area contributed by atoms with E-state index in [-0.39, 0.29) is 24.0 Å². The summed E-state index contributed by atoms with van der Waals surface area (Å²) in [6, 6.07) is 0.0831. The molecule has 5 nitrogen and oxygen atoms in total. The Bertz CT molecular complexity index is 347. The van der Waals surface area contributed by atoms with Crippen LogP contribution in [0.3, 0.4) is 0 Å². The van der Waals surface area contributed by atoms with Gasteiger partial charge < -0.3 is 14.7 Å². The highest BCUT2D eigenvalue weighted by molar-refractivity contribution is 5.74. The fraction of sp³-hybridized carbons (Fsp3) is 0.833. The van der Waals surface area contributed by atoms with Crippen LogP contribution in [0.4, 0.5) is 4.79 Å². The molecular formula is C12H19NO4. The van der Waals surface area contributed by atoms with E-state index in [9.17, 15) is 9.59 Å². The number of piperidine rings is 1. The van der Waals surface area contributed by atoms with Gasteiger partial charge in [-0.3, -0.25) is 4.79 Å². The molecule has 1 heterocycles. The maximum atomic E-state index is 11.9. The Morgan fingerprint density at radius 3 is 2.53 bits per heavy atom. The van der Waals surface area contributed by atoms with Crippen molar-refractivity contribution >= 4 is 12.1 Å². The monoisotopic (exact) mass is 241 g/mol. The Kier molecular flexibility index (Phi) is 2.79. The molecule has 3 atom stereocenters. The van der Waals surface area contributed by atoms with Gasteiger partial charge in [0.25, 0.3) is 0 Å². The number of carboxylic acid groups (broad SMARTS) is 1. The molecule has 1 saturated carbocycles. The molecule has 0 radical (unpaired) electrons. The zero-order chi connectivity index (χ0) is 12.8. The molecule has 1 N–H and O–H groups in total. The fourth-order valence-corrected chi connectivity index (χ4v) is 2.50. The van der Waals surface area contributed by atoms with Crippen LogP contribution in [0.15, 0.2) is 0 Å². The number of carbonyl (C=O) groups excluding carboxylic acids is 1. The van der Waals surface area contributed by atoms with Gasteiger partial charge in [-0.25, -0.2) is 4.79 Å². The van der Waals surface area contributed by atoms with Crippen molar-refractivity contribution in [2.75, 3.05) is 6.54 Å². The standard InChI is InChI=1S/C12H19NO4/c1-12(2,3)17-11(16)13-5-4-7(10(14)15)8-6-9(8)13/h7-9H,4-6H2,1-3H3,(H,14,15)/t7-,8-,9-/m0/s1. The number of ether oxygens (including phenoxy) is 1.